The van der Waals surface area contributed by atoms with Gasteiger partial charge in [0.25, 0.3) is 0 Å². The minimum absolute atomic E-state index is 0.0375. The Kier molecular flexibility index (Phi) is 5.56. The fourth-order valence-electron chi connectivity index (χ4n) is 2.95. The molecular formula is C20H18BrN3O. The van der Waals surface area contributed by atoms with Crippen LogP contribution >= 0.6 is 15.9 Å². The van der Waals surface area contributed by atoms with Crippen molar-refractivity contribution in [3.63, 3.8) is 0 Å². The highest BCUT2D eigenvalue weighted by molar-refractivity contribution is 9.10. The van der Waals surface area contributed by atoms with E-state index in [2.05, 4.69) is 50.1 Å². The van der Waals surface area contributed by atoms with Gasteiger partial charge in [-0.1, -0.05) is 52.3 Å². The maximum atomic E-state index is 8.92. The molecule has 3 aromatic rings. The van der Waals surface area contributed by atoms with Gasteiger partial charge in [0.2, 0.25) is 0 Å². The molecule has 0 bridgehead atoms. The molecule has 1 N–H and O–H groups in total. The van der Waals surface area contributed by atoms with Crippen LogP contribution in [0.5, 0.6) is 0 Å². The highest BCUT2D eigenvalue weighted by Gasteiger charge is 2.21. The number of halogens is 1. The van der Waals surface area contributed by atoms with Crippen LogP contribution in [0.2, 0.25) is 0 Å². The second-order valence-electron chi connectivity index (χ2n) is 5.74. The van der Waals surface area contributed by atoms with E-state index >= 15 is 0 Å². The van der Waals surface area contributed by atoms with Crippen LogP contribution in [0.1, 0.15) is 29.2 Å². The van der Waals surface area contributed by atoms with Crippen LogP contribution in [0, 0.1) is 6.92 Å². The van der Waals surface area contributed by atoms with E-state index < -0.39 is 0 Å². The van der Waals surface area contributed by atoms with Crippen LogP contribution in [-0.4, -0.2) is 21.4 Å². The summed E-state index contributed by atoms with van der Waals surface area (Å²) in [6, 6.07) is 16.2. The molecule has 4 nitrogen and oxygen atoms in total. The molecule has 0 aliphatic heterocycles. The lowest BCUT2D eigenvalue weighted by molar-refractivity contribution is 0.320. The largest absolute Gasteiger partial charge is 0.411 e. The first-order valence-corrected chi connectivity index (χ1v) is 8.78. The van der Waals surface area contributed by atoms with Gasteiger partial charge in [0.1, 0.15) is 0 Å². The molecular weight excluding hydrogens is 378 g/mol. The first kappa shape index (κ1) is 17.3. The maximum absolute atomic E-state index is 8.92. The molecule has 1 heterocycles. The van der Waals surface area contributed by atoms with Gasteiger partial charge in [-0.05, 0) is 36.6 Å². The van der Waals surface area contributed by atoms with E-state index in [4.69, 9.17) is 5.21 Å². The molecule has 0 aliphatic carbocycles. The van der Waals surface area contributed by atoms with Gasteiger partial charge >= 0.3 is 0 Å². The summed E-state index contributed by atoms with van der Waals surface area (Å²) in [6.07, 6.45) is 5.47. The Balaban J connectivity index is 2.14. The van der Waals surface area contributed by atoms with Crippen molar-refractivity contribution in [1.29, 1.82) is 0 Å². The molecule has 0 spiro atoms. The second-order valence-corrected chi connectivity index (χ2v) is 6.66. The van der Waals surface area contributed by atoms with Crippen LogP contribution in [0.25, 0.3) is 11.3 Å². The predicted molar refractivity (Wildman–Crippen MR) is 103 cm³/mol. The third kappa shape index (κ3) is 3.94. The van der Waals surface area contributed by atoms with E-state index in [1.807, 2.05) is 36.4 Å². The van der Waals surface area contributed by atoms with E-state index in [9.17, 15) is 0 Å². The number of benzene rings is 2. The quantitative estimate of drug-likeness (QED) is 0.367. The summed E-state index contributed by atoms with van der Waals surface area (Å²) >= 11 is 3.46. The molecule has 0 saturated heterocycles. The number of hydrogen-bond acceptors (Lipinski definition) is 4. The zero-order valence-corrected chi connectivity index (χ0v) is 15.4. The molecule has 3 rings (SSSR count). The average Bonchev–Trinajstić information content (AvgIpc) is 2.64. The summed E-state index contributed by atoms with van der Waals surface area (Å²) in [5, 5.41) is 12.1. The molecule has 0 fully saturated rings. The van der Waals surface area contributed by atoms with Crippen molar-refractivity contribution in [2.75, 3.05) is 0 Å². The summed E-state index contributed by atoms with van der Waals surface area (Å²) in [5.41, 5.74) is 5.05. The fraction of sp³-hybridized carbons (Fsp3) is 0.150. The molecule has 25 heavy (non-hydrogen) atoms. The smallest absolute Gasteiger partial charge is 0.0923 e. The third-order valence-electron chi connectivity index (χ3n) is 4.16. The molecule has 1 atom stereocenters. The van der Waals surface area contributed by atoms with Gasteiger partial charge in [0, 0.05) is 34.6 Å². The lowest BCUT2D eigenvalue weighted by atomic mass is 9.87. The first-order chi connectivity index (χ1) is 12.2. The zero-order valence-electron chi connectivity index (χ0n) is 13.8. The molecule has 0 amide bonds. The molecule has 5 heteroatoms. The van der Waals surface area contributed by atoms with Crippen LogP contribution in [0.3, 0.4) is 0 Å². The summed E-state index contributed by atoms with van der Waals surface area (Å²) in [6.45, 7) is 2.08. The minimum atomic E-state index is -0.0375. The Hall–Kier alpha value is -2.53. The van der Waals surface area contributed by atoms with Crippen molar-refractivity contribution >= 4 is 22.1 Å². The first-order valence-electron chi connectivity index (χ1n) is 7.99. The molecule has 0 saturated carbocycles. The van der Waals surface area contributed by atoms with Gasteiger partial charge in [0.05, 0.1) is 11.4 Å². The van der Waals surface area contributed by atoms with Gasteiger partial charge in [-0.15, -0.1) is 5.16 Å². The lowest BCUT2D eigenvalue weighted by Crippen LogP contribution is -2.09. The average molecular weight is 396 g/mol. The summed E-state index contributed by atoms with van der Waals surface area (Å²) < 4.78 is 1.02. The van der Waals surface area contributed by atoms with Crippen molar-refractivity contribution in [2.24, 2.45) is 5.16 Å². The maximum Gasteiger partial charge on any atom is 0.0923 e. The van der Waals surface area contributed by atoms with E-state index in [0.717, 1.165) is 27.0 Å². The van der Waals surface area contributed by atoms with Gasteiger partial charge in [-0.25, -0.2) is 0 Å². The standard InChI is InChI=1S/C20H18BrN3O/c1-14-4-2-3-5-17(14)18(10-11-24-25)20-19(22-12-13-23-20)15-6-8-16(21)9-7-15/h2-9,11-13,18,25H,10H2,1H3/b24-11+. The summed E-state index contributed by atoms with van der Waals surface area (Å²) in [5.74, 6) is -0.0375. The van der Waals surface area contributed by atoms with E-state index in [1.54, 1.807) is 12.4 Å². The van der Waals surface area contributed by atoms with Crippen molar-refractivity contribution < 1.29 is 5.21 Å². The van der Waals surface area contributed by atoms with Crippen LogP contribution in [-0.2, 0) is 0 Å². The van der Waals surface area contributed by atoms with Gasteiger partial charge in [0.15, 0.2) is 0 Å². The number of hydrogen-bond donors (Lipinski definition) is 1. The van der Waals surface area contributed by atoms with Crippen LogP contribution in [0.4, 0.5) is 0 Å². The number of rotatable bonds is 5. The summed E-state index contributed by atoms with van der Waals surface area (Å²) in [4.78, 5) is 9.21. The minimum Gasteiger partial charge on any atom is -0.411 e. The third-order valence-corrected chi connectivity index (χ3v) is 4.69. The Morgan fingerprint density at radius 1 is 1.08 bits per heavy atom. The number of nitrogens with zero attached hydrogens (tertiary/aromatic N) is 3. The van der Waals surface area contributed by atoms with Crippen molar-refractivity contribution in [1.82, 2.24) is 9.97 Å². The van der Waals surface area contributed by atoms with Gasteiger partial charge in [-0.2, -0.15) is 0 Å². The highest BCUT2D eigenvalue weighted by atomic mass is 79.9. The SMILES string of the molecule is Cc1ccccc1C(C/C=N/O)c1nccnc1-c1ccc(Br)cc1. The van der Waals surface area contributed by atoms with Crippen molar-refractivity contribution in [3.05, 3.63) is 82.2 Å². The van der Waals surface area contributed by atoms with Crippen molar-refractivity contribution in [3.8, 4) is 11.3 Å². The van der Waals surface area contributed by atoms with E-state index in [0.29, 0.717) is 6.42 Å². The van der Waals surface area contributed by atoms with Gasteiger partial charge < -0.3 is 5.21 Å². The Bertz CT molecular complexity index is 878. The highest BCUT2D eigenvalue weighted by Crippen LogP contribution is 2.34. The van der Waals surface area contributed by atoms with E-state index in [-0.39, 0.29) is 5.92 Å². The Morgan fingerprint density at radius 2 is 1.80 bits per heavy atom. The molecule has 0 radical (unpaired) electrons. The monoisotopic (exact) mass is 395 g/mol. The van der Waals surface area contributed by atoms with E-state index in [1.165, 1.54) is 11.8 Å². The topological polar surface area (TPSA) is 58.4 Å². The van der Waals surface area contributed by atoms with Crippen molar-refractivity contribution in [2.45, 2.75) is 19.3 Å². The number of oxime groups is 1. The molecule has 1 aromatic heterocycles. The summed E-state index contributed by atoms with van der Waals surface area (Å²) in [7, 11) is 0. The number of aryl methyl sites for hydroxylation is 1. The van der Waals surface area contributed by atoms with Gasteiger partial charge in [-0.3, -0.25) is 9.97 Å². The zero-order chi connectivity index (χ0) is 17.6. The predicted octanol–water partition coefficient (Wildman–Crippen LogP) is 5.20. The molecule has 0 aliphatic rings. The van der Waals surface area contributed by atoms with Crippen LogP contribution < -0.4 is 0 Å². The van der Waals surface area contributed by atoms with Crippen LogP contribution in [0.15, 0.2) is 70.6 Å². The Morgan fingerprint density at radius 3 is 2.52 bits per heavy atom. The molecule has 1 unspecified atom stereocenters. The fourth-order valence-corrected chi connectivity index (χ4v) is 3.21. The molecule has 126 valence electrons. The Labute approximate surface area is 155 Å². The second kappa shape index (κ2) is 8.03. The number of aromatic nitrogens is 2. The molecule has 2 aromatic carbocycles. The normalized spacial score (nSPS) is 12.4. The lowest BCUT2D eigenvalue weighted by Gasteiger charge is -2.19.